The highest BCUT2D eigenvalue weighted by atomic mass is 35.5. The standard InChI is InChI=1S/C20H20Cl2N4O2/c1-19(2)17(24-16(27)14-7-8-15(22)26-25-14)20(3,4)18(19)28-12-6-5-11(10-23)13(21)9-12/h5-9,17-18H,1-4H3,(H,24,27)/t17-,18-. The predicted molar refractivity (Wildman–Crippen MR) is 106 cm³/mol. The smallest absolute Gasteiger partial charge is 0.272 e. The van der Waals surface area contributed by atoms with Gasteiger partial charge in [0.25, 0.3) is 5.91 Å². The van der Waals surface area contributed by atoms with Crippen LogP contribution in [-0.2, 0) is 0 Å². The van der Waals surface area contributed by atoms with Crippen molar-refractivity contribution in [3.63, 3.8) is 0 Å². The molecular formula is C20H20Cl2N4O2. The lowest BCUT2D eigenvalue weighted by atomic mass is 9.49. The molecule has 1 amide bonds. The van der Waals surface area contributed by atoms with E-state index in [-0.39, 0.29) is 39.7 Å². The second kappa shape index (κ2) is 7.23. The van der Waals surface area contributed by atoms with Gasteiger partial charge in [-0.15, -0.1) is 10.2 Å². The number of amides is 1. The number of ether oxygens (including phenoxy) is 1. The first-order valence-corrected chi connectivity index (χ1v) is 9.49. The van der Waals surface area contributed by atoms with Crippen molar-refractivity contribution in [3.05, 3.63) is 51.8 Å². The van der Waals surface area contributed by atoms with Crippen LogP contribution in [-0.4, -0.2) is 28.3 Å². The Bertz CT molecular complexity index is 936. The third-order valence-electron chi connectivity index (χ3n) is 5.29. The zero-order chi connectivity index (χ0) is 20.7. The Hall–Kier alpha value is -2.36. The van der Waals surface area contributed by atoms with E-state index >= 15 is 0 Å². The highest BCUT2D eigenvalue weighted by Crippen LogP contribution is 2.55. The van der Waals surface area contributed by atoms with Crippen molar-refractivity contribution < 1.29 is 9.53 Å². The Morgan fingerprint density at radius 2 is 1.82 bits per heavy atom. The maximum atomic E-state index is 12.6. The number of nitriles is 1. The van der Waals surface area contributed by atoms with Crippen molar-refractivity contribution in [2.24, 2.45) is 10.8 Å². The van der Waals surface area contributed by atoms with Gasteiger partial charge < -0.3 is 10.1 Å². The van der Waals surface area contributed by atoms with Crippen LogP contribution in [0.3, 0.4) is 0 Å². The molecule has 1 aromatic carbocycles. The van der Waals surface area contributed by atoms with Gasteiger partial charge in [0.05, 0.1) is 10.6 Å². The summed E-state index contributed by atoms with van der Waals surface area (Å²) in [6.07, 6.45) is -0.175. The number of benzene rings is 1. The monoisotopic (exact) mass is 418 g/mol. The van der Waals surface area contributed by atoms with Gasteiger partial charge in [-0.1, -0.05) is 50.9 Å². The Labute approximate surface area is 173 Å². The molecule has 1 saturated carbocycles. The molecule has 0 aliphatic heterocycles. The molecule has 28 heavy (non-hydrogen) atoms. The molecule has 6 nitrogen and oxygen atoms in total. The van der Waals surface area contributed by atoms with Crippen LogP contribution in [0.25, 0.3) is 0 Å². The Balaban J connectivity index is 1.76. The molecule has 0 spiro atoms. The molecule has 0 atom stereocenters. The van der Waals surface area contributed by atoms with Gasteiger partial charge in [-0.05, 0) is 24.3 Å². The maximum Gasteiger partial charge on any atom is 0.272 e. The Morgan fingerprint density at radius 1 is 1.14 bits per heavy atom. The van der Waals surface area contributed by atoms with Crippen LogP contribution >= 0.6 is 23.2 Å². The summed E-state index contributed by atoms with van der Waals surface area (Å²) in [5.41, 5.74) is -0.0895. The fourth-order valence-corrected chi connectivity index (χ4v) is 4.55. The molecule has 1 aliphatic carbocycles. The van der Waals surface area contributed by atoms with Crippen LogP contribution in [0.1, 0.15) is 43.7 Å². The summed E-state index contributed by atoms with van der Waals surface area (Å²) in [6, 6.07) is 9.95. The van der Waals surface area contributed by atoms with Gasteiger partial charge in [-0.2, -0.15) is 5.26 Å². The lowest BCUT2D eigenvalue weighted by Gasteiger charge is -2.63. The summed E-state index contributed by atoms with van der Waals surface area (Å²) in [6.45, 7) is 8.14. The fraction of sp³-hybridized carbons (Fsp3) is 0.400. The van der Waals surface area contributed by atoms with E-state index in [9.17, 15) is 4.79 Å². The van der Waals surface area contributed by atoms with Gasteiger partial charge in [-0.25, -0.2) is 0 Å². The van der Waals surface area contributed by atoms with Gasteiger partial charge in [-0.3, -0.25) is 4.79 Å². The lowest BCUT2D eigenvalue weighted by Crippen LogP contribution is -2.74. The average molecular weight is 419 g/mol. The van der Waals surface area contributed by atoms with Gasteiger partial charge in [0.2, 0.25) is 0 Å². The largest absolute Gasteiger partial charge is 0.489 e. The number of nitrogens with zero attached hydrogens (tertiary/aromatic N) is 3. The Kier molecular flexibility index (Phi) is 5.26. The predicted octanol–water partition coefficient (Wildman–Crippen LogP) is 4.27. The van der Waals surface area contributed by atoms with Gasteiger partial charge in [0.15, 0.2) is 10.8 Å². The van der Waals surface area contributed by atoms with E-state index < -0.39 is 0 Å². The first-order valence-electron chi connectivity index (χ1n) is 8.73. The zero-order valence-electron chi connectivity index (χ0n) is 16.0. The minimum atomic E-state index is -0.348. The molecule has 0 radical (unpaired) electrons. The van der Waals surface area contributed by atoms with Gasteiger partial charge >= 0.3 is 0 Å². The first-order chi connectivity index (χ1) is 13.1. The van der Waals surface area contributed by atoms with Crippen LogP contribution in [0.4, 0.5) is 0 Å². The van der Waals surface area contributed by atoms with Gasteiger partial charge in [0.1, 0.15) is 17.9 Å². The summed E-state index contributed by atoms with van der Waals surface area (Å²) >= 11 is 11.8. The first kappa shape index (κ1) is 20.4. The quantitative estimate of drug-likeness (QED) is 0.800. The summed E-state index contributed by atoms with van der Waals surface area (Å²) in [5.74, 6) is 0.277. The minimum Gasteiger partial charge on any atom is -0.489 e. The van der Waals surface area contributed by atoms with Crippen molar-refractivity contribution in [2.45, 2.75) is 39.8 Å². The average Bonchev–Trinajstić information content (AvgIpc) is 2.64. The summed E-state index contributed by atoms with van der Waals surface area (Å²) in [5, 5.41) is 20.2. The van der Waals surface area contributed by atoms with E-state index in [1.165, 1.54) is 12.1 Å². The molecule has 3 rings (SSSR count). The van der Waals surface area contributed by atoms with Crippen molar-refractivity contribution >= 4 is 29.1 Å². The molecule has 1 fully saturated rings. The number of hydrogen-bond acceptors (Lipinski definition) is 5. The van der Waals surface area contributed by atoms with E-state index in [1.807, 2.05) is 33.8 Å². The topological polar surface area (TPSA) is 87.9 Å². The van der Waals surface area contributed by atoms with Crippen LogP contribution in [0.5, 0.6) is 5.75 Å². The number of nitrogens with one attached hydrogen (secondary N) is 1. The summed E-state index contributed by atoms with van der Waals surface area (Å²) in [7, 11) is 0. The molecule has 1 aliphatic rings. The number of aromatic nitrogens is 2. The van der Waals surface area contributed by atoms with Crippen LogP contribution in [0.15, 0.2) is 30.3 Å². The molecule has 1 aromatic heterocycles. The molecule has 1 N–H and O–H groups in total. The molecule has 146 valence electrons. The third-order valence-corrected chi connectivity index (χ3v) is 5.81. The van der Waals surface area contributed by atoms with E-state index in [4.69, 9.17) is 33.2 Å². The third kappa shape index (κ3) is 3.52. The molecule has 2 aromatic rings. The van der Waals surface area contributed by atoms with E-state index in [2.05, 4.69) is 15.5 Å². The zero-order valence-corrected chi connectivity index (χ0v) is 17.5. The molecule has 8 heteroatoms. The number of carbonyl (C=O) groups is 1. The molecule has 0 unspecified atom stereocenters. The molecule has 0 bridgehead atoms. The fourth-order valence-electron chi connectivity index (χ4n) is 4.24. The van der Waals surface area contributed by atoms with Gasteiger partial charge in [0, 0.05) is 22.9 Å². The van der Waals surface area contributed by atoms with Crippen LogP contribution in [0.2, 0.25) is 10.2 Å². The van der Waals surface area contributed by atoms with Crippen LogP contribution < -0.4 is 10.1 Å². The SMILES string of the molecule is CC1(C)[C@H](NC(=O)c2ccc(Cl)nn2)C(C)(C)[C@H]1Oc1ccc(C#N)c(Cl)c1. The van der Waals surface area contributed by atoms with E-state index in [0.29, 0.717) is 16.3 Å². The van der Waals surface area contributed by atoms with E-state index in [0.717, 1.165) is 0 Å². The number of carbonyl (C=O) groups excluding carboxylic acids is 1. The molecule has 0 saturated heterocycles. The summed E-state index contributed by atoms with van der Waals surface area (Å²) < 4.78 is 6.20. The van der Waals surface area contributed by atoms with Crippen molar-refractivity contribution in [1.82, 2.24) is 15.5 Å². The highest BCUT2D eigenvalue weighted by molar-refractivity contribution is 6.31. The summed E-state index contributed by atoms with van der Waals surface area (Å²) in [4.78, 5) is 12.6. The normalized spacial score (nSPS) is 21.9. The number of halogens is 2. The van der Waals surface area contributed by atoms with Crippen molar-refractivity contribution in [1.29, 1.82) is 5.26 Å². The second-order valence-electron chi connectivity index (χ2n) is 8.04. The van der Waals surface area contributed by atoms with Crippen molar-refractivity contribution in [2.75, 3.05) is 0 Å². The van der Waals surface area contributed by atoms with Crippen molar-refractivity contribution in [3.8, 4) is 11.8 Å². The second-order valence-corrected chi connectivity index (χ2v) is 8.84. The van der Waals surface area contributed by atoms with Crippen LogP contribution in [0, 0.1) is 22.2 Å². The molecular weight excluding hydrogens is 399 g/mol. The number of rotatable bonds is 4. The maximum absolute atomic E-state index is 12.6. The lowest BCUT2D eigenvalue weighted by molar-refractivity contribution is -0.164. The van der Waals surface area contributed by atoms with E-state index in [1.54, 1.807) is 18.2 Å². The Morgan fingerprint density at radius 3 is 2.36 bits per heavy atom. The highest BCUT2D eigenvalue weighted by Gasteiger charge is 2.64. The molecule has 1 heterocycles. The minimum absolute atomic E-state index is 0.149. The number of hydrogen-bond donors (Lipinski definition) is 1.